The van der Waals surface area contributed by atoms with Crippen molar-refractivity contribution in [1.29, 1.82) is 0 Å². The topological polar surface area (TPSA) is 61.4 Å². The number of amides is 1. The summed E-state index contributed by atoms with van der Waals surface area (Å²) in [7, 11) is 0. The van der Waals surface area contributed by atoms with Crippen molar-refractivity contribution in [3.63, 3.8) is 0 Å². The van der Waals surface area contributed by atoms with Gasteiger partial charge in [-0.05, 0) is 51.1 Å². The number of aromatic hydroxyl groups is 1. The van der Waals surface area contributed by atoms with Crippen LogP contribution in [0.3, 0.4) is 0 Å². The molecule has 0 saturated carbocycles. The van der Waals surface area contributed by atoms with Crippen LogP contribution in [-0.4, -0.2) is 29.6 Å². The van der Waals surface area contributed by atoms with Crippen LogP contribution in [0.5, 0.6) is 5.75 Å². The van der Waals surface area contributed by atoms with E-state index in [-0.39, 0.29) is 22.2 Å². The molecule has 3 N–H and O–H groups in total. The third-order valence-electron chi connectivity index (χ3n) is 3.33. The predicted octanol–water partition coefficient (Wildman–Crippen LogP) is 1.92. The minimum atomic E-state index is -0.174. The van der Waals surface area contributed by atoms with E-state index in [0.717, 1.165) is 25.9 Å². The summed E-state index contributed by atoms with van der Waals surface area (Å²) >= 11 is 5.80. The molecule has 0 bridgehead atoms. The number of benzene rings is 1. The molecule has 0 aliphatic carbocycles. The molecule has 2 rings (SSSR count). The molecule has 18 heavy (non-hydrogen) atoms. The number of halogens is 1. The van der Waals surface area contributed by atoms with E-state index in [4.69, 9.17) is 11.6 Å². The molecule has 1 saturated heterocycles. The van der Waals surface area contributed by atoms with E-state index < -0.39 is 0 Å². The second-order valence-electron chi connectivity index (χ2n) is 4.93. The summed E-state index contributed by atoms with van der Waals surface area (Å²) in [6.07, 6.45) is 1.81. The number of nitrogens with one attached hydrogen (secondary N) is 2. The Morgan fingerprint density at radius 1 is 1.44 bits per heavy atom. The Hall–Kier alpha value is -1.26. The quantitative estimate of drug-likeness (QED) is 0.768. The Morgan fingerprint density at radius 2 is 2.11 bits per heavy atom. The number of piperidine rings is 1. The fourth-order valence-corrected chi connectivity index (χ4v) is 2.28. The average Bonchev–Trinajstić information content (AvgIpc) is 2.33. The van der Waals surface area contributed by atoms with E-state index >= 15 is 0 Å². The molecule has 0 unspecified atom stereocenters. The van der Waals surface area contributed by atoms with Crippen LogP contribution in [0.4, 0.5) is 0 Å². The second kappa shape index (κ2) is 5.16. The normalized spacial score (nSPS) is 18.3. The molecule has 1 amide bonds. The maximum atomic E-state index is 12.1. The molecule has 1 aromatic carbocycles. The average molecular weight is 269 g/mol. The molecule has 5 heteroatoms. The third kappa shape index (κ3) is 2.94. The van der Waals surface area contributed by atoms with E-state index in [1.807, 2.05) is 6.92 Å². The van der Waals surface area contributed by atoms with E-state index in [9.17, 15) is 9.90 Å². The molecule has 0 radical (unpaired) electrons. The molecule has 1 fully saturated rings. The zero-order valence-corrected chi connectivity index (χ0v) is 11.0. The molecule has 1 aliphatic rings. The van der Waals surface area contributed by atoms with Crippen LogP contribution in [0.1, 0.15) is 30.1 Å². The van der Waals surface area contributed by atoms with Crippen molar-refractivity contribution < 1.29 is 9.90 Å². The molecule has 0 spiro atoms. The number of phenolic OH excluding ortho intramolecular Hbond substituents is 1. The standard InChI is InChI=1S/C13H17ClN2O2/c1-13(4-6-15-7-5-13)16-12(18)9-2-3-11(17)10(14)8-9/h2-3,8,15,17H,4-7H2,1H3,(H,16,18). The predicted molar refractivity (Wildman–Crippen MR) is 71.1 cm³/mol. The number of carbonyl (C=O) groups is 1. The highest BCUT2D eigenvalue weighted by atomic mass is 35.5. The molecular weight excluding hydrogens is 252 g/mol. The molecule has 98 valence electrons. The summed E-state index contributed by atoms with van der Waals surface area (Å²) in [5.41, 5.74) is 0.296. The van der Waals surface area contributed by atoms with Gasteiger partial charge < -0.3 is 15.7 Å². The highest BCUT2D eigenvalue weighted by molar-refractivity contribution is 6.32. The monoisotopic (exact) mass is 268 g/mol. The van der Waals surface area contributed by atoms with Crippen LogP contribution < -0.4 is 10.6 Å². The lowest BCUT2D eigenvalue weighted by atomic mass is 9.90. The van der Waals surface area contributed by atoms with Gasteiger partial charge in [-0.2, -0.15) is 0 Å². The number of phenols is 1. The van der Waals surface area contributed by atoms with Gasteiger partial charge in [0.05, 0.1) is 5.02 Å². The lowest BCUT2D eigenvalue weighted by Crippen LogP contribution is -2.52. The van der Waals surface area contributed by atoms with Gasteiger partial charge in [-0.25, -0.2) is 0 Å². The number of hydrogen-bond acceptors (Lipinski definition) is 3. The van der Waals surface area contributed by atoms with Gasteiger partial charge in [-0.3, -0.25) is 4.79 Å². The molecule has 0 aromatic heterocycles. The van der Waals surface area contributed by atoms with Crippen molar-refractivity contribution >= 4 is 17.5 Å². The summed E-state index contributed by atoms with van der Waals surface area (Å²) in [6.45, 7) is 3.87. The van der Waals surface area contributed by atoms with Gasteiger partial charge in [0, 0.05) is 11.1 Å². The van der Waals surface area contributed by atoms with Crippen LogP contribution in [-0.2, 0) is 0 Å². The van der Waals surface area contributed by atoms with Crippen molar-refractivity contribution in [3.05, 3.63) is 28.8 Å². The van der Waals surface area contributed by atoms with Crippen molar-refractivity contribution in [2.75, 3.05) is 13.1 Å². The van der Waals surface area contributed by atoms with E-state index in [1.165, 1.54) is 12.1 Å². The van der Waals surface area contributed by atoms with Gasteiger partial charge in [0.15, 0.2) is 0 Å². The Balaban J connectivity index is 2.09. The van der Waals surface area contributed by atoms with Crippen molar-refractivity contribution in [2.45, 2.75) is 25.3 Å². The van der Waals surface area contributed by atoms with E-state index in [0.29, 0.717) is 5.56 Å². The summed E-state index contributed by atoms with van der Waals surface area (Å²) in [5.74, 6) is -0.164. The maximum absolute atomic E-state index is 12.1. The maximum Gasteiger partial charge on any atom is 0.251 e. The van der Waals surface area contributed by atoms with Gasteiger partial charge in [-0.15, -0.1) is 0 Å². The van der Waals surface area contributed by atoms with Crippen molar-refractivity contribution in [1.82, 2.24) is 10.6 Å². The first-order valence-corrected chi connectivity index (χ1v) is 6.40. The molecule has 1 aliphatic heterocycles. The first kappa shape index (κ1) is 13.2. The summed E-state index contributed by atoms with van der Waals surface area (Å²) in [5, 5.41) is 15.8. The van der Waals surface area contributed by atoms with Gasteiger partial charge in [0.1, 0.15) is 5.75 Å². The molecule has 4 nitrogen and oxygen atoms in total. The van der Waals surface area contributed by atoms with Crippen LogP contribution in [0.15, 0.2) is 18.2 Å². The first-order chi connectivity index (χ1) is 8.50. The zero-order valence-electron chi connectivity index (χ0n) is 10.3. The Labute approximate surface area is 111 Å². The fourth-order valence-electron chi connectivity index (χ4n) is 2.10. The molecular formula is C13H17ClN2O2. The lowest BCUT2D eigenvalue weighted by molar-refractivity contribution is 0.0887. The fraction of sp³-hybridized carbons (Fsp3) is 0.462. The van der Waals surface area contributed by atoms with E-state index in [2.05, 4.69) is 10.6 Å². The lowest BCUT2D eigenvalue weighted by Gasteiger charge is -2.35. The molecule has 1 aromatic rings. The SMILES string of the molecule is CC1(NC(=O)c2ccc(O)c(Cl)c2)CCNCC1. The number of carbonyl (C=O) groups excluding carboxylic acids is 1. The largest absolute Gasteiger partial charge is 0.506 e. The van der Waals surface area contributed by atoms with Crippen LogP contribution in [0.25, 0.3) is 0 Å². The molecule has 1 heterocycles. The third-order valence-corrected chi connectivity index (χ3v) is 3.64. The van der Waals surface area contributed by atoms with Gasteiger partial charge in [-0.1, -0.05) is 11.6 Å². The second-order valence-corrected chi connectivity index (χ2v) is 5.34. The Kier molecular flexibility index (Phi) is 3.78. The minimum absolute atomic E-state index is 0.0127. The smallest absolute Gasteiger partial charge is 0.251 e. The van der Waals surface area contributed by atoms with Gasteiger partial charge >= 0.3 is 0 Å². The van der Waals surface area contributed by atoms with Crippen molar-refractivity contribution in [2.24, 2.45) is 0 Å². The summed E-state index contributed by atoms with van der Waals surface area (Å²) in [4.78, 5) is 12.1. The van der Waals surface area contributed by atoms with Crippen LogP contribution in [0, 0.1) is 0 Å². The van der Waals surface area contributed by atoms with Gasteiger partial charge in [0.25, 0.3) is 5.91 Å². The first-order valence-electron chi connectivity index (χ1n) is 6.02. The van der Waals surface area contributed by atoms with E-state index in [1.54, 1.807) is 6.07 Å². The van der Waals surface area contributed by atoms with Crippen molar-refractivity contribution in [3.8, 4) is 5.75 Å². The zero-order chi connectivity index (χ0) is 13.2. The summed E-state index contributed by atoms with van der Waals surface area (Å²) < 4.78 is 0. The van der Waals surface area contributed by atoms with Gasteiger partial charge in [0.2, 0.25) is 0 Å². The molecule has 0 atom stereocenters. The summed E-state index contributed by atoms with van der Waals surface area (Å²) in [6, 6.07) is 4.49. The van der Waals surface area contributed by atoms with Crippen LogP contribution in [0.2, 0.25) is 5.02 Å². The highest BCUT2D eigenvalue weighted by Gasteiger charge is 2.28. The Morgan fingerprint density at radius 3 is 2.72 bits per heavy atom. The number of rotatable bonds is 2. The Bertz CT molecular complexity index is 456. The number of hydrogen-bond donors (Lipinski definition) is 3. The minimum Gasteiger partial charge on any atom is -0.506 e. The van der Waals surface area contributed by atoms with Crippen LogP contribution >= 0.6 is 11.6 Å². The highest BCUT2D eigenvalue weighted by Crippen LogP contribution is 2.24.